The van der Waals surface area contributed by atoms with Crippen molar-refractivity contribution >= 4 is 24.2 Å². The van der Waals surface area contributed by atoms with Gasteiger partial charge in [-0.1, -0.05) is 6.92 Å². The molecule has 1 aromatic rings. The van der Waals surface area contributed by atoms with E-state index in [1.165, 1.54) is 12.1 Å². The molecule has 0 aliphatic rings. The molecule has 0 N–H and O–H groups in total. The second-order valence-corrected chi connectivity index (χ2v) is 3.51. The van der Waals surface area contributed by atoms with Crippen LogP contribution in [0.3, 0.4) is 0 Å². The predicted octanol–water partition coefficient (Wildman–Crippen LogP) is 3.27. The Kier molecular flexibility index (Phi) is 3.29. The molecule has 0 heterocycles. The molecule has 0 fully saturated rings. The quantitative estimate of drug-likeness (QED) is 0.517. The molecule has 12 heavy (non-hydrogen) atoms. The van der Waals surface area contributed by atoms with Crippen LogP contribution in [0.4, 0.5) is 10.1 Å². The van der Waals surface area contributed by atoms with E-state index in [0.717, 1.165) is 10.6 Å². The lowest BCUT2D eigenvalue weighted by molar-refractivity contribution is 0.627. The van der Waals surface area contributed by atoms with E-state index < -0.39 is 0 Å². The maximum Gasteiger partial charge on any atom is 0.125 e. The van der Waals surface area contributed by atoms with E-state index in [9.17, 15) is 4.39 Å². The summed E-state index contributed by atoms with van der Waals surface area (Å²) in [6.45, 7) is 5.43. The Bertz CT molecular complexity index is 286. The van der Waals surface area contributed by atoms with Gasteiger partial charge in [0.15, 0.2) is 0 Å². The molecular formula is C9H10FNS. The lowest BCUT2D eigenvalue weighted by atomic mass is 10.3. The Morgan fingerprint density at radius 3 is 2.92 bits per heavy atom. The molecule has 0 saturated heterocycles. The van der Waals surface area contributed by atoms with Crippen LogP contribution in [0.15, 0.2) is 28.1 Å². The summed E-state index contributed by atoms with van der Waals surface area (Å²) in [6, 6.07) is 4.56. The van der Waals surface area contributed by atoms with Crippen LogP contribution in [-0.4, -0.2) is 12.5 Å². The fourth-order valence-electron chi connectivity index (χ4n) is 0.892. The smallest absolute Gasteiger partial charge is 0.125 e. The Hall–Kier alpha value is -0.830. The van der Waals surface area contributed by atoms with Crippen molar-refractivity contribution in [2.45, 2.75) is 11.8 Å². The number of thioether (sulfide) groups is 1. The van der Waals surface area contributed by atoms with Crippen molar-refractivity contribution in [3.05, 3.63) is 24.0 Å². The van der Waals surface area contributed by atoms with Gasteiger partial charge in [0.2, 0.25) is 0 Å². The molecule has 0 amide bonds. The highest BCUT2D eigenvalue weighted by atomic mass is 32.2. The van der Waals surface area contributed by atoms with Crippen LogP contribution in [0.2, 0.25) is 0 Å². The van der Waals surface area contributed by atoms with Crippen LogP contribution in [-0.2, 0) is 0 Å². The average molecular weight is 183 g/mol. The zero-order valence-electron chi connectivity index (χ0n) is 6.88. The molecular weight excluding hydrogens is 173 g/mol. The van der Waals surface area contributed by atoms with E-state index in [2.05, 4.69) is 11.7 Å². The largest absolute Gasteiger partial charge is 0.263 e. The van der Waals surface area contributed by atoms with E-state index in [1.807, 2.05) is 6.92 Å². The summed E-state index contributed by atoms with van der Waals surface area (Å²) < 4.78 is 12.7. The van der Waals surface area contributed by atoms with Crippen molar-refractivity contribution in [2.24, 2.45) is 4.99 Å². The topological polar surface area (TPSA) is 12.4 Å². The fourth-order valence-corrected chi connectivity index (χ4v) is 1.64. The minimum absolute atomic E-state index is 0.266. The third-order valence-corrected chi connectivity index (χ3v) is 2.34. The highest BCUT2D eigenvalue weighted by molar-refractivity contribution is 7.99. The molecule has 0 aromatic heterocycles. The summed E-state index contributed by atoms with van der Waals surface area (Å²) in [5.74, 6) is 0.687. The molecule has 1 rings (SSSR count). The molecule has 1 aromatic carbocycles. The normalized spacial score (nSPS) is 9.83. The van der Waals surface area contributed by atoms with Crippen molar-refractivity contribution in [1.82, 2.24) is 0 Å². The maximum atomic E-state index is 12.7. The Morgan fingerprint density at radius 1 is 1.58 bits per heavy atom. The van der Waals surface area contributed by atoms with Gasteiger partial charge in [-0.2, -0.15) is 0 Å². The van der Waals surface area contributed by atoms with E-state index in [1.54, 1.807) is 17.8 Å². The van der Waals surface area contributed by atoms with Gasteiger partial charge < -0.3 is 0 Å². The molecule has 0 bridgehead atoms. The zero-order valence-corrected chi connectivity index (χ0v) is 7.70. The summed E-state index contributed by atoms with van der Waals surface area (Å²) >= 11 is 1.63. The number of nitrogens with zero attached hydrogens (tertiary/aromatic N) is 1. The van der Waals surface area contributed by atoms with Crippen LogP contribution in [0.25, 0.3) is 0 Å². The van der Waals surface area contributed by atoms with Crippen LogP contribution in [0, 0.1) is 5.82 Å². The van der Waals surface area contributed by atoms with Gasteiger partial charge in [-0.25, -0.2) is 4.39 Å². The van der Waals surface area contributed by atoms with Crippen LogP contribution in [0.5, 0.6) is 0 Å². The van der Waals surface area contributed by atoms with Gasteiger partial charge >= 0.3 is 0 Å². The summed E-state index contributed by atoms with van der Waals surface area (Å²) in [5, 5.41) is 0. The molecule has 0 aliphatic carbocycles. The molecule has 0 saturated carbocycles. The molecule has 0 aliphatic heterocycles. The van der Waals surface area contributed by atoms with Gasteiger partial charge in [-0.15, -0.1) is 11.8 Å². The Morgan fingerprint density at radius 2 is 2.33 bits per heavy atom. The van der Waals surface area contributed by atoms with Gasteiger partial charge in [0.1, 0.15) is 5.82 Å². The number of rotatable bonds is 3. The number of halogens is 1. The van der Waals surface area contributed by atoms with Gasteiger partial charge in [0.25, 0.3) is 0 Å². The number of hydrogen-bond donors (Lipinski definition) is 0. The monoisotopic (exact) mass is 183 g/mol. The van der Waals surface area contributed by atoms with Gasteiger partial charge in [0, 0.05) is 11.0 Å². The van der Waals surface area contributed by atoms with Crippen molar-refractivity contribution in [3.63, 3.8) is 0 Å². The number of hydrogen-bond acceptors (Lipinski definition) is 2. The van der Waals surface area contributed by atoms with Crippen LogP contribution >= 0.6 is 11.8 Å². The Labute approximate surface area is 75.7 Å². The summed E-state index contributed by atoms with van der Waals surface area (Å²) in [5.41, 5.74) is 0.627. The van der Waals surface area contributed by atoms with Crippen LogP contribution < -0.4 is 0 Å². The summed E-state index contributed by atoms with van der Waals surface area (Å²) in [4.78, 5) is 4.72. The van der Waals surface area contributed by atoms with E-state index >= 15 is 0 Å². The molecule has 0 radical (unpaired) electrons. The minimum Gasteiger partial charge on any atom is -0.263 e. The van der Waals surface area contributed by atoms with Crippen molar-refractivity contribution < 1.29 is 4.39 Å². The van der Waals surface area contributed by atoms with E-state index in [4.69, 9.17) is 0 Å². The van der Waals surface area contributed by atoms with Crippen molar-refractivity contribution in [3.8, 4) is 0 Å². The van der Waals surface area contributed by atoms with Crippen molar-refractivity contribution in [2.75, 3.05) is 5.75 Å². The SMILES string of the molecule is C=Nc1cc(F)ccc1SCC. The van der Waals surface area contributed by atoms with Gasteiger partial charge in [-0.3, -0.25) is 4.99 Å². The first-order chi connectivity index (χ1) is 5.77. The first kappa shape index (κ1) is 9.26. The van der Waals surface area contributed by atoms with E-state index in [-0.39, 0.29) is 5.82 Å². The molecule has 0 unspecified atom stereocenters. The Balaban J connectivity index is 3.02. The second kappa shape index (κ2) is 4.26. The zero-order chi connectivity index (χ0) is 8.97. The highest BCUT2D eigenvalue weighted by Crippen LogP contribution is 2.29. The molecule has 1 nitrogen and oxygen atoms in total. The lowest BCUT2D eigenvalue weighted by Gasteiger charge is -2.02. The predicted molar refractivity (Wildman–Crippen MR) is 52.0 cm³/mol. The standard InChI is InChI=1S/C9H10FNS/c1-3-12-9-5-4-7(10)6-8(9)11-2/h4-6H,2-3H2,1H3. The third-order valence-electron chi connectivity index (χ3n) is 1.39. The van der Waals surface area contributed by atoms with E-state index in [0.29, 0.717) is 5.69 Å². The maximum absolute atomic E-state index is 12.7. The first-order valence-electron chi connectivity index (χ1n) is 3.67. The van der Waals surface area contributed by atoms with Gasteiger partial charge in [0.05, 0.1) is 5.69 Å². The summed E-state index contributed by atoms with van der Waals surface area (Å²) in [6.07, 6.45) is 0. The molecule has 64 valence electrons. The molecule has 0 atom stereocenters. The second-order valence-electron chi connectivity index (χ2n) is 2.20. The molecule has 0 spiro atoms. The van der Waals surface area contributed by atoms with Crippen molar-refractivity contribution in [1.29, 1.82) is 0 Å². The third kappa shape index (κ3) is 2.08. The minimum atomic E-state index is -0.266. The summed E-state index contributed by atoms with van der Waals surface area (Å²) in [7, 11) is 0. The number of benzene rings is 1. The lowest BCUT2D eigenvalue weighted by Crippen LogP contribution is -1.77. The average Bonchev–Trinajstić information content (AvgIpc) is 2.08. The highest BCUT2D eigenvalue weighted by Gasteiger charge is 2.01. The van der Waals surface area contributed by atoms with Crippen LogP contribution in [0.1, 0.15) is 6.92 Å². The van der Waals surface area contributed by atoms with Gasteiger partial charge in [-0.05, 0) is 24.6 Å². The molecule has 3 heteroatoms. The fraction of sp³-hybridized carbons (Fsp3) is 0.222. The first-order valence-corrected chi connectivity index (χ1v) is 4.65. The number of aliphatic imine (C=N–C) groups is 1.